The Morgan fingerprint density at radius 2 is 1.80 bits per heavy atom. The minimum Gasteiger partial charge on any atom is -0.497 e. The van der Waals surface area contributed by atoms with Gasteiger partial charge in [0.1, 0.15) is 11.5 Å². The highest BCUT2D eigenvalue weighted by atomic mass is 32.2. The molecule has 2 aromatic rings. The van der Waals surface area contributed by atoms with Crippen molar-refractivity contribution in [1.29, 1.82) is 0 Å². The van der Waals surface area contributed by atoms with E-state index in [1.165, 1.54) is 10.5 Å². The van der Waals surface area contributed by atoms with E-state index >= 15 is 0 Å². The SMILES string of the molecule is CNCc1ccccc1Sc1cc(OC)ccc1OC. The minimum atomic E-state index is 0.833. The molecule has 0 fully saturated rings. The predicted molar refractivity (Wildman–Crippen MR) is 82.9 cm³/mol. The highest BCUT2D eigenvalue weighted by molar-refractivity contribution is 7.99. The summed E-state index contributed by atoms with van der Waals surface area (Å²) in [5.41, 5.74) is 1.27. The Morgan fingerprint density at radius 1 is 1.00 bits per heavy atom. The molecule has 0 radical (unpaired) electrons. The van der Waals surface area contributed by atoms with Crippen molar-refractivity contribution in [1.82, 2.24) is 5.32 Å². The predicted octanol–water partition coefficient (Wildman–Crippen LogP) is 3.57. The molecular weight excluding hydrogens is 270 g/mol. The molecule has 0 aliphatic heterocycles. The molecule has 106 valence electrons. The van der Waals surface area contributed by atoms with Gasteiger partial charge in [0, 0.05) is 11.4 Å². The molecular formula is C16H19NO2S. The number of methoxy groups -OCH3 is 2. The van der Waals surface area contributed by atoms with Crippen LogP contribution in [-0.2, 0) is 6.54 Å². The lowest BCUT2D eigenvalue weighted by atomic mass is 10.2. The summed E-state index contributed by atoms with van der Waals surface area (Å²) in [6, 6.07) is 14.2. The zero-order valence-electron chi connectivity index (χ0n) is 12.0. The second-order valence-corrected chi connectivity index (χ2v) is 5.34. The smallest absolute Gasteiger partial charge is 0.133 e. The standard InChI is InChI=1S/C16H19NO2S/c1-17-11-12-6-4-5-7-15(12)20-16-10-13(18-2)8-9-14(16)19-3/h4-10,17H,11H2,1-3H3. The Hall–Kier alpha value is -1.65. The van der Waals surface area contributed by atoms with E-state index in [1.54, 1.807) is 26.0 Å². The Balaban J connectivity index is 2.33. The first kappa shape index (κ1) is 14.8. The molecule has 1 N–H and O–H groups in total. The fourth-order valence-electron chi connectivity index (χ4n) is 1.92. The van der Waals surface area contributed by atoms with Crippen LogP contribution in [0.2, 0.25) is 0 Å². The summed E-state index contributed by atoms with van der Waals surface area (Å²) >= 11 is 1.69. The van der Waals surface area contributed by atoms with Gasteiger partial charge in [0.15, 0.2) is 0 Å². The van der Waals surface area contributed by atoms with E-state index in [2.05, 4.69) is 23.5 Å². The number of hydrogen-bond donors (Lipinski definition) is 1. The Bertz CT molecular complexity index is 572. The molecule has 0 unspecified atom stereocenters. The van der Waals surface area contributed by atoms with E-state index in [9.17, 15) is 0 Å². The van der Waals surface area contributed by atoms with Crippen LogP contribution in [0.4, 0.5) is 0 Å². The Kier molecular flexibility index (Phi) is 5.32. The van der Waals surface area contributed by atoms with Crippen molar-refractivity contribution in [3.8, 4) is 11.5 Å². The monoisotopic (exact) mass is 289 g/mol. The van der Waals surface area contributed by atoms with Crippen molar-refractivity contribution in [3.63, 3.8) is 0 Å². The van der Waals surface area contributed by atoms with Gasteiger partial charge in [-0.25, -0.2) is 0 Å². The lowest BCUT2D eigenvalue weighted by Crippen LogP contribution is -2.05. The quantitative estimate of drug-likeness (QED) is 0.880. The van der Waals surface area contributed by atoms with Crippen molar-refractivity contribution >= 4 is 11.8 Å². The number of rotatable bonds is 6. The average molecular weight is 289 g/mol. The van der Waals surface area contributed by atoms with Crippen LogP contribution in [0.5, 0.6) is 11.5 Å². The molecule has 2 rings (SSSR count). The van der Waals surface area contributed by atoms with Gasteiger partial charge in [-0.3, -0.25) is 0 Å². The van der Waals surface area contributed by atoms with E-state index in [1.807, 2.05) is 31.3 Å². The summed E-state index contributed by atoms with van der Waals surface area (Å²) in [7, 11) is 5.31. The van der Waals surface area contributed by atoms with Crippen molar-refractivity contribution in [2.75, 3.05) is 21.3 Å². The van der Waals surface area contributed by atoms with E-state index in [0.717, 1.165) is 22.9 Å². The number of nitrogens with one attached hydrogen (secondary N) is 1. The lowest BCUT2D eigenvalue weighted by Gasteiger charge is -2.12. The third-order valence-corrected chi connectivity index (χ3v) is 4.09. The van der Waals surface area contributed by atoms with Crippen molar-refractivity contribution < 1.29 is 9.47 Å². The highest BCUT2D eigenvalue weighted by Crippen LogP contribution is 2.38. The van der Waals surface area contributed by atoms with Gasteiger partial charge in [0.2, 0.25) is 0 Å². The topological polar surface area (TPSA) is 30.5 Å². The van der Waals surface area contributed by atoms with E-state index in [0.29, 0.717) is 0 Å². The maximum absolute atomic E-state index is 5.42. The first-order valence-electron chi connectivity index (χ1n) is 6.41. The van der Waals surface area contributed by atoms with Crippen LogP contribution in [0.1, 0.15) is 5.56 Å². The summed E-state index contributed by atoms with van der Waals surface area (Å²) in [5, 5.41) is 3.19. The van der Waals surface area contributed by atoms with Crippen LogP contribution in [0.25, 0.3) is 0 Å². The van der Waals surface area contributed by atoms with Crippen LogP contribution in [0.15, 0.2) is 52.3 Å². The van der Waals surface area contributed by atoms with Crippen LogP contribution in [0.3, 0.4) is 0 Å². The first-order chi connectivity index (χ1) is 9.78. The van der Waals surface area contributed by atoms with Crippen molar-refractivity contribution in [2.24, 2.45) is 0 Å². The lowest BCUT2D eigenvalue weighted by molar-refractivity contribution is 0.394. The average Bonchev–Trinajstić information content (AvgIpc) is 2.49. The molecule has 0 aromatic heterocycles. The Labute approximate surface area is 124 Å². The summed E-state index contributed by atoms with van der Waals surface area (Å²) in [6.07, 6.45) is 0. The zero-order valence-corrected chi connectivity index (χ0v) is 12.8. The molecule has 0 heterocycles. The van der Waals surface area contributed by atoms with Gasteiger partial charge in [0.05, 0.1) is 19.1 Å². The zero-order chi connectivity index (χ0) is 14.4. The van der Waals surface area contributed by atoms with Crippen molar-refractivity contribution in [3.05, 3.63) is 48.0 Å². The molecule has 0 atom stereocenters. The normalized spacial score (nSPS) is 10.3. The largest absolute Gasteiger partial charge is 0.497 e. The molecule has 20 heavy (non-hydrogen) atoms. The highest BCUT2D eigenvalue weighted by Gasteiger charge is 2.09. The number of ether oxygens (including phenoxy) is 2. The van der Waals surface area contributed by atoms with Gasteiger partial charge in [-0.15, -0.1) is 0 Å². The molecule has 0 spiro atoms. The van der Waals surface area contributed by atoms with Gasteiger partial charge in [-0.1, -0.05) is 30.0 Å². The summed E-state index contributed by atoms with van der Waals surface area (Å²) in [5.74, 6) is 1.69. The molecule has 0 aliphatic carbocycles. The molecule has 0 saturated heterocycles. The van der Waals surface area contributed by atoms with Gasteiger partial charge in [0.25, 0.3) is 0 Å². The molecule has 2 aromatic carbocycles. The molecule has 0 amide bonds. The third-order valence-electron chi connectivity index (χ3n) is 2.93. The summed E-state index contributed by atoms with van der Waals surface area (Å²) < 4.78 is 10.7. The van der Waals surface area contributed by atoms with E-state index < -0.39 is 0 Å². The second kappa shape index (κ2) is 7.22. The molecule has 4 heteroatoms. The number of benzene rings is 2. The Morgan fingerprint density at radius 3 is 2.50 bits per heavy atom. The van der Waals surface area contributed by atoms with E-state index in [-0.39, 0.29) is 0 Å². The van der Waals surface area contributed by atoms with E-state index in [4.69, 9.17) is 9.47 Å². The van der Waals surface area contributed by atoms with Gasteiger partial charge >= 0.3 is 0 Å². The summed E-state index contributed by atoms with van der Waals surface area (Å²) in [4.78, 5) is 2.27. The second-order valence-electron chi connectivity index (χ2n) is 4.26. The number of hydrogen-bond acceptors (Lipinski definition) is 4. The van der Waals surface area contributed by atoms with Crippen LogP contribution in [-0.4, -0.2) is 21.3 Å². The summed E-state index contributed by atoms with van der Waals surface area (Å²) in [6.45, 7) is 0.843. The molecule has 0 bridgehead atoms. The van der Waals surface area contributed by atoms with Crippen LogP contribution < -0.4 is 14.8 Å². The van der Waals surface area contributed by atoms with Gasteiger partial charge < -0.3 is 14.8 Å². The minimum absolute atomic E-state index is 0.833. The van der Waals surface area contributed by atoms with Crippen LogP contribution >= 0.6 is 11.8 Å². The molecule has 3 nitrogen and oxygen atoms in total. The third kappa shape index (κ3) is 3.46. The van der Waals surface area contributed by atoms with Gasteiger partial charge in [-0.2, -0.15) is 0 Å². The fraction of sp³-hybridized carbons (Fsp3) is 0.250. The van der Waals surface area contributed by atoms with Crippen LogP contribution in [0, 0.1) is 0 Å². The maximum Gasteiger partial charge on any atom is 0.133 e. The molecule has 0 saturated carbocycles. The molecule has 0 aliphatic rings. The van der Waals surface area contributed by atoms with Crippen molar-refractivity contribution in [2.45, 2.75) is 16.3 Å². The maximum atomic E-state index is 5.42. The first-order valence-corrected chi connectivity index (χ1v) is 7.22. The van der Waals surface area contributed by atoms with Gasteiger partial charge in [-0.05, 0) is 36.9 Å². The fourth-order valence-corrected chi connectivity index (χ4v) is 3.00.